The van der Waals surface area contributed by atoms with Gasteiger partial charge in [0.1, 0.15) is 6.04 Å². The van der Waals surface area contributed by atoms with E-state index in [2.05, 4.69) is 5.32 Å². The first-order valence-corrected chi connectivity index (χ1v) is 7.75. The van der Waals surface area contributed by atoms with Gasteiger partial charge in [-0.25, -0.2) is 4.79 Å². The molecule has 1 rings (SSSR count). The Kier molecular flexibility index (Phi) is 5.30. The second-order valence-corrected chi connectivity index (χ2v) is 6.53. The van der Waals surface area contributed by atoms with Gasteiger partial charge >= 0.3 is 5.97 Å². The van der Waals surface area contributed by atoms with E-state index in [9.17, 15) is 18.0 Å². The second kappa shape index (κ2) is 6.33. The van der Waals surface area contributed by atoms with E-state index < -0.39 is 39.2 Å². The molecule has 0 aromatic carbocycles. The van der Waals surface area contributed by atoms with Gasteiger partial charge in [-0.1, -0.05) is 13.3 Å². The first-order valence-electron chi connectivity index (χ1n) is 6.25. The fourth-order valence-corrected chi connectivity index (χ4v) is 3.19. The molecule has 2 unspecified atom stereocenters. The highest BCUT2D eigenvalue weighted by Gasteiger charge is 2.37. The van der Waals surface area contributed by atoms with Crippen molar-refractivity contribution in [2.24, 2.45) is 5.92 Å². The summed E-state index contributed by atoms with van der Waals surface area (Å²) in [6.07, 6.45) is 1.56. The van der Waals surface area contributed by atoms with Crippen LogP contribution in [0.2, 0.25) is 0 Å². The Morgan fingerprint density at radius 1 is 1.37 bits per heavy atom. The molecule has 0 aromatic rings. The van der Waals surface area contributed by atoms with E-state index in [0.29, 0.717) is 19.3 Å². The maximum Gasteiger partial charge on any atom is 0.326 e. The van der Waals surface area contributed by atoms with Crippen LogP contribution in [0.1, 0.15) is 39.0 Å². The van der Waals surface area contributed by atoms with Crippen molar-refractivity contribution in [2.75, 3.05) is 0 Å². The number of carboxylic acids is 1. The molecule has 0 radical (unpaired) electrons. The molecule has 3 N–H and O–H groups in total. The largest absolute Gasteiger partial charge is 0.480 e. The number of amides is 1. The first kappa shape index (κ1) is 15.9. The van der Waals surface area contributed by atoms with Crippen LogP contribution in [0, 0.1) is 5.92 Å². The fourth-order valence-electron chi connectivity index (χ4n) is 2.28. The summed E-state index contributed by atoms with van der Waals surface area (Å²) < 4.78 is 30.8. The van der Waals surface area contributed by atoms with Gasteiger partial charge in [0.15, 0.2) is 0 Å². The summed E-state index contributed by atoms with van der Waals surface area (Å²) in [7, 11) is -4.12. The molecule has 0 saturated heterocycles. The number of rotatable bonds is 6. The van der Waals surface area contributed by atoms with E-state index in [4.69, 9.17) is 9.66 Å². The van der Waals surface area contributed by atoms with Gasteiger partial charge in [0.2, 0.25) is 5.91 Å². The molecule has 0 aliphatic heterocycles. The SMILES string of the molecule is CCC[C@H](NC(=O)C1CCC(S(=O)(=O)O)C1)C(=O)O. The molecule has 0 heterocycles. The van der Waals surface area contributed by atoms with Gasteiger partial charge in [-0.15, -0.1) is 0 Å². The highest BCUT2D eigenvalue weighted by atomic mass is 32.2. The number of aliphatic carboxylic acids is 1. The Morgan fingerprint density at radius 3 is 2.42 bits per heavy atom. The summed E-state index contributed by atoms with van der Waals surface area (Å²) in [5.74, 6) is -2.10. The molecule has 110 valence electrons. The third-order valence-electron chi connectivity index (χ3n) is 3.37. The number of carbonyl (C=O) groups is 2. The Balaban J connectivity index is 2.58. The van der Waals surface area contributed by atoms with Crippen LogP contribution in [0.25, 0.3) is 0 Å². The van der Waals surface area contributed by atoms with Gasteiger partial charge in [0, 0.05) is 5.92 Å². The quantitative estimate of drug-likeness (QED) is 0.610. The number of carboxylic acid groups (broad SMARTS) is 1. The molecule has 19 heavy (non-hydrogen) atoms. The summed E-state index contributed by atoms with van der Waals surface area (Å²) in [6.45, 7) is 1.81. The first-order chi connectivity index (χ1) is 8.75. The molecule has 1 amide bonds. The average molecular weight is 293 g/mol. The number of hydrogen-bond donors (Lipinski definition) is 3. The summed E-state index contributed by atoms with van der Waals surface area (Å²) in [6, 6.07) is -0.942. The molecule has 1 aliphatic carbocycles. The summed E-state index contributed by atoms with van der Waals surface area (Å²) in [4.78, 5) is 22.8. The van der Waals surface area contributed by atoms with Crippen molar-refractivity contribution in [3.05, 3.63) is 0 Å². The maximum atomic E-state index is 11.9. The highest BCUT2D eigenvalue weighted by Crippen LogP contribution is 2.30. The van der Waals surface area contributed by atoms with Crippen molar-refractivity contribution < 1.29 is 27.7 Å². The molecule has 1 fully saturated rings. The van der Waals surface area contributed by atoms with E-state index in [1.165, 1.54) is 0 Å². The van der Waals surface area contributed by atoms with Crippen molar-refractivity contribution in [3.8, 4) is 0 Å². The topological polar surface area (TPSA) is 121 Å². The highest BCUT2D eigenvalue weighted by molar-refractivity contribution is 7.86. The van der Waals surface area contributed by atoms with Crippen LogP contribution in [-0.4, -0.2) is 41.2 Å². The molecule has 1 aliphatic rings. The van der Waals surface area contributed by atoms with Crippen LogP contribution in [0.5, 0.6) is 0 Å². The normalized spacial score (nSPS) is 24.9. The van der Waals surface area contributed by atoms with Crippen LogP contribution in [0.15, 0.2) is 0 Å². The van der Waals surface area contributed by atoms with Crippen molar-refractivity contribution >= 4 is 22.0 Å². The lowest BCUT2D eigenvalue weighted by molar-refractivity contribution is -0.142. The lowest BCUT2D eigenvalue weighted by Crippen LogP contribution is -2.43. The zero-order valence-corrected chi connectivity index (χ0v) is 11.5. The lowest BCUT2D eigenvalue weighted by Gasteiger charge is -2.16. The molecular formula is C11H19NO6S. The van der Waals surface area contributed by atoms with Gasteiger partial charge in [-0.05, 0) is 25.7 Å². The number of hydrogen-bond acceptors (Lipinski definition) is 4. The van der Waals surface area contributed by atoms with Crippen molar-refractivity contribution in [2.45, 2.75) is 50.3 Å². The van der Waals surface area contributed by atoms with Gasteiger partial charge in [0.05, 0.1) is 5.25 Å². The molecule has 0 spiro atoms. The second-order valence-electron chi connectivity index (χ2n) is 4.84. The van der Waals surface area contributed by atoms with Crippen LogP contribution in [0.4, 0.5) is 0 Å². The summed E-state index contributed by atoms with van der Waals surface area (Å²) in [5.41, 5.74) is 0. The van der Waals surface area contributed by atoms with Gasteiger partial charge in [-0.2, -0.15) is 8.42 Å². The van der Waals surface area contributed by atoms with Crippen LogP contribution < -0.4 is 5.32 Å². The lowest BCUT2D eigenvalue weighted by atomic mass is 10.1. The molecular weight excluding hydrogens is 274 g/mol. The zero-order chi connectivity index (χ0) is 14.6. The average Bonchev–Trinajstić information content (AvgIpc) is 2.76. The van der Waals surface area contributed by atoms with Crippen LogP contribution in [0.3, 0.4) is 0 Å². The third-order valence-corrected chi connectivity index (χ3v) is 4.64. The van der Waals surface area contributed by atoms with Crippen molar-refractivity contribution in [1.29, 1.82) is 0 Å². The van der Waals surface area contributed by atoms with E-state index in [-0.39, 0.29) is 12.8 Å². The molecule has 7 nitrogen and oxygen atoms in total. The minimum Gasteiger partial charge on any atom is -0.480 e. The number of nitrogens with one attached hydrogen (secondary N) is 1. The summed E-state index contributed by atoms with van der Waals surface area (Å²) >= 11 is 0. The van der Waals surface area contributed by atoms with E-state index in [1.807, 2.05) is 6.92 Å². The molecule has 0 aromatic heterocycles. The Morgan fingerprint density at radius 2 is 2.00 bits per heavy atom. The predicted molar refractivity (Wildman–Crippen MR) is 67.2 cm³/mol. The maximum absolute atomic E-state index is 11.9. The van der Waals surface area contributed by atoms with Crippen molar-refractivity contribution in [1.82, 2.24) is 5.32 Å². The predicted octanol–water partition coefficient (Wildman–Crippen LogP) is 0.412. The van der Waals surface area contributed by atoms with E-state index >= 15 is 0 Å². The monoisotopic (exact) mass is 293 g/mol. The minimum atomic E-state index is -4.12. The minimum absolute atomic E-state index is 0.0448. The van der Waals surface area contributed by atoms with Gasteiger partial charge in [-0.3, -0.25) is 9.35 Å². The third kappa shape index (κ3) is 4.46. The Hall–Kier alpha value is -1.15. The fraction of sp³-hybridized carbons (Fsp3) is 0.818. The van der Waals surface area contributed by atoms with E-state index in [0.717, 1.165) is 0 Å². The Bertz CT molecular complexity index is 446. The molecule has 1 saturated carbocycles. The van der Waals surface area contributed by atoms with Crippen LogP contribution >= 0.6 is 0 Å². The van der Waals surface area contributed by atoms with Crippen molar-refractivity contribution in [3.63, 3.8) is 0 Å². The molecule has 0 bridgehead atoms. The van der Waals surface area contributed by atoms with Crippen LogP contribution in [-0.2, 0) is 19.7 Å². The zero-order valence-electron chi connectivity index (χ0n) is 10.7. The number of carbonyl (C=O) groups excluding carboxylic acids is 1. The molecule has 3 atom stereocenters. The van der Waals surface area contributed by atoms with Gasteiger partial charge in [0.25, 0.3) is 10.1 Å². The molecule has 8 heteroatoms. The Labute approximate surface area is 112 Å². The standard InChI is InChI=1S/C11H19NO6S/c1-2-3-9(11(14)15)12-10(13)7-4-5-8(6-7)19(16,17)18/h7-9H,2-6H2,1H3,(H,12,13)(H,14,15)(H,16,17,18)/t7?,8?,9-/m0/s1. The smallest absolute Gasteiger partial charge is 0.326 e. The van der Waals surface area contributed by atoms with Gasteiger partial charge < -0.3 is 10.4 Å². The summed E-state index contributed by atoms with van der Waals surface area (Å²) in [5, 5.41) is 10.4. The van der Waals surface area contributed by atoms with E-state index in [1.54, 1.807) is 0 Å².